The molecular weight excluding hydrogens is 481 g/mol. The molecule has 0 bridgehead atoms. The molecule has 0 heterocycles. The molecule has 0 atom stereocenters. The Morgan fingerprint density at radius 1 is 0.536 bits per heavy atom. The molecule has 0 aliphatic rings. The average molecular weight is 527 g/mol. The van der Waals surface area contributed by atoms with Gasteiger partial charge in [-0.2, -0.15) is 0 Å². The second kappa shape index (κ2) is 16.8. The summed E-state index contributed by atoms with van der Waals surface area (Å²) in [6.45, 7) is 24.0. The Labute approximate surface area is 201 Å². The molecule has 165 valence electrons. The van der Waals surface area contributed by atoms with Gasteiger partial charge in [-0.1, -0.05) is 0 Å². The van der Waals surface area contributed by atoms with Crippen LogP contribution in [0, 0.1) is 35.6 Å². The number of rotatable bonds is 6. The smallest absolute Gasteiger partial charge is 0.0963 e. The molecule has 0 unspecified atom stereocenters. The van der Waals surface area contributed by atoms with E-state index in [1.54, 1.807) is 41.5 Å². The van der Waals surface area contributed by atoms with Crippen molar-refractivity contribution in [1.29, 1.82) is 0 Å². The van der Waals surface area contributed by atoms with Crippen LogP contribution >= 0.6 is 0 Å². The molecule has 0 saturated heterocycles. The Balaban J connectivity index is -0.000000152. The van der Waals surface area contributed by atoms with Crippen LogP contribution in [0.25, 0.3) is 0 Å². The normalized spacial score (nSPS) is 13.6. The first kappa shape index (κ1) is 35.5. The first-order valence-corrected chi connectivity index (χ1v) is 9.66. The monoisotopic (exact) mass is 526 g/mol. The summed E-state index contributed by atoms with van der Waals surface area (Å²) in [5.41, 5.74) is 0.169. The van der Waals surface area contributed by atoms with Crippen molar-refractivity contribution in [2.75, 3.05) is 19.6 Å². The van der Waals surface area contributed by atoms with Crippen molar-refractivity contribution in [2.24, 2.45) is 15.0 Å². The van der Waals surface area contributed by atoms with E-state index in [4.69, 9.17) is 0 Å². The summed E-state index contributed by atoms with van der Waals surface area (Å²) in [6.07, 6.45) is 0. The van der Waals surface area contributed by atoms with Gasteiger partial charge in [0.05, 0.1) is 16.8 Å². The van der Waals surface area contributed by atoms with Gasteiger partial charge in [0.15, 0.2) is 0 Å². The summed E-state index contributed by atoms with van der Waals surface area (Å²) in [4.78, 5) is 12.2. The van der Waals surface area contributed by atoms with Crippen LogP contribution in [0.15, 0.2) is 15.0 Å². The maximum Gasteiger partial charge on any atom is 0.0963 e. The van der Waals surface area contributed by atoms with Crippen molar-refractivity contribution < 1.29 is 50.9 Å². The molecule has 3 N–H and O–H groups in total. The van der Waals surface area contributed by atoms with Gasteiger partial charge < -0.3 is 15.3 Å². The molecule has 0 fully saturated rings. The molecule has 0 rings (SSSR count). The van der Waals surface area contributed by atoms with E-state index < -0.39 is 16.8 Å². The number of hydrogen-bond donors (Lipinski definition) is 3. The Kier molecular flexibility index (Phi) is 21.4. The minimum absolute atomic E-state index is 0. The molecule has 0 aromatic carbocycles. The standard InChI is InChI=1S/3C7H15NO.La/c3*1-5-8-6(2)7(3,4)9;/h3*9H,5H2,1-4H3;. The maximum absolute atomic E-state index is 9.29. The third-order valence-electron chi connectivity index (χ3n) is 3.84. The van der Waals surface area contributed by atoms with Gasteiger partial charge in [-0.3, -0.25) is 15.0 Å². The second-order valence-electron chi connectivity index (χ2n) is 7.86. The third-order valence-corrected chi connectivity index (χ3v) is 3.84. The van der Waals surface area contributed by atoms with Crippen molar-refractivity contribution in [2.45, 2.75) is 99.9 Å². The summed E-state index contributed by atoms with van der Waals surface area (Å²) in [7, 11) is 0. The van der Waals surface area contributed by atoms with E-state index >= 15 is 0 Å². The van der Waals surface area contributed by atoms with Crippen molar-refractivity contribution in [3.8, 4) is 0 Å². The van der Waals surface area contributed by atoms with E-state index in [1.807, 2.05) is 41.5 Å². The Morgan fingerprint density at radius 3 is 0.714 bits per heavy atom. The van der Waals surface area contributed by atoms with Crippen molar-refractivity contribution in [1.82, 2.24) is 0 Å². The fourth-order valence-electron chi connectivity index (χ4n) is 1.29. The third kappa shape index (κ3) is 22.4. The quantitative estimate of drug-likeness (QED) is 0.461. The molecule has 28 heavy (non-hydrogen) atoms. The predicted octanol–water partition coefficient (Wildman–Crippen LogP) is 3.71. The van der Waals surface area contributed by atoms with Gasteiger partial charge in [-0.05, 0) is 83.1 Å². The molecule has 0 aromatic heterocycles. The maximum atomic E-state index is 9.29. The fourth-order valence-corrected chi connectivity index (χ4v) is 1.29. The zero-order chi connectivity index (χ0) is 22.5. The van der Waals surface area contributed by atoms with Gasteiger partial charge in [0.1, 0.15) is 0 Å². The van der Waals surface area contributed by atoms with Gasteiger partial charge in [0, 0.05) is 72.4 Å². The van der Waals surface area contributed by atoms with Crippen LogP contribution in [-0.4, -0.2) is 68.9 Å². The van der Waals surface area contributed by atoms with Crippen LogP contribution in [0.1, 0.15) is 83.1 Å². The zero-order valence-corrected chi connectivity index (χ0v) is 24.0. The van der Waals surface area contributed by atoms with E-state index in [2.05, 4.69) is 15.0 Å². The molecule has 1 radical (unpaired) electrons. The number of hydrogen-bond acceptors (Lipinski definition) is 6. The summed E-state index contributed by atoms with van der Waals surface area (Å²) < 4.78 is 0. The molecule has 0 saturated carbocycles. The van der Waals surface area contributed by atoms with Crippen molar-refractivity contribution >= 4 is 17.1 Å². The summed E-state index contributed by atoms with van der Waals surface area (Å²) >= 11 is 0. The van der Waals surface area contributed by atoms with Crippen LogP contribution in [-0.2, 0) is 0 Å². The number of aliphatic imine (C=N–C) groups is 3. The topological polar surface area (TPSA) is 97.8 Å². The predicted molar refractivity (Wildman–Crippen MR) is 120 cm³/mol. The summed E-state index contributed by atoms with van der Waals surface area (Å²) in [6, 6.07) is 0. The SMILES string of the molecule is CCN=C(C)C(C)(C)O.CCN=C(C)C(C)(C)O.CCN=C(C)C(C)(C)O.[La]. The largest absolute Gasteiger partial charge is 0.385 e. The first-order chi connectivity index (χ1) is 11.9. The fraction of sp³-hybridized carbons (Fsp3) is 0.857. The summed E-state index contributed by atoms with van der Waals surface area (Å²) in [5, 5.41) is 27.9. The van der Waals surface area contributed by atoms with E-state index in [0.29, 0.717) is 0 Å². The number of nitrogens with zero attached hydrogens (tertiary/aromatic N) is 3. The van der Waals surface area contributed by atoms with Crippen LogP contribution in [0.5, 0.6) is 0 Å². The van der Waals surface area contributed by atoms with Gasteiger partial charge >= 0.3 is 0 Å². The molecule has 7 heteroatoms. The minimum atomic E-state index is -0.740. The molecule has 0 aliphatic heterocycles. The van der Waals surface area contributed by atoms with Gasteiger partial charge in [0.2, 0.25) is 0 Å². The molecule has 0 amide bonds. The Morgan fingerprint density at radius 2 is 0.679 bits per heavy atom. The molecule has 0 spiro atoms. The van der Waals surface area contributed by atoms with Gasteiger partial charge in [-0.15, -0.1) is 0 Å². The average Bonchev–Trinajstić information content (AvgIpc) is 2.46. The van der Waals surface area contributed by atoms with Crippen LogP contribution in [0.3, 0.4) is 0 Å². The molecule has 0 aromatic rings. The van der Waals surface area contributed by atoms with Gasteiger partial charge in [-0.25, -0.2) is 0 Å². The van der Waals surface area contributed by atoms with Gasteiger partial charge in [0.25, 0.3) is 0 Å². The van der Waals surface area contributed by atoms with E-state index in [0.717, 1.165) is 36.8 Å². The van der Waals surface area contributed by atoms with Crippen molar-refractivity contribution in [3.05, 3.63) is 0 Å². The molecule has 6 nitrogen and oxygen atoms in total. The van der Waals surface area contributed by atoms with Crippen LogP contribution in [0.4, 0.5) is 0 Å². The van der Waals surface area contributed by atoms with Crippen LogP contribution < -0.4 is 0 Å². The van der Waals surface area contributed by atoms with E-state index in [1.165, 1.54) is 0 Å². The summed E-state index contributed by atoms with van der Waals surface area (Å²) in [5.74, 6) is 0. The zero-order valence-electron chi connectivity index (χ0n) is 20.4. The molecule has 0 aliphatic carbocycles. The molecular formula is C21H45LaN3O3. The Bertz CT molecular complexity index is 409. The van der Waals surface area contributed by atoms with E-state index in [-0.39, 0.29) is 35.6 Å². The van der Waals surface area contributed by atoms with Crippen molar-refractivity contribution in [3.63, 3.8) is 0 Å². The number of aliphatic hydroxyl groups is 3. The van der Waals surface area contributed by atoms with Crippen LogP contribution in [0.2, 0.25) is 0 Å². The second-order valence-corrected chi connectivity index (χ2v) is 7.86. The van der Waals surface area contributed by atoms with E-state index in [9.17, 15) is 15.3 Å². The Hall–Kier alpha value is 0.0848. The first-order valence-electron chi connectivity index (χ1n) is 9.66. The minimum Gasteiger partial charge on any atom is -0.385 e.